The van der Waals surface area contributed by atoms with E-state index in [1.807, 2.05) is 48.3 Å². The Kier molecular flexibility index (Phi) is 6.03. The fourth-order valence-corrected chi connectivity index (χ4v) is 3.13. The number of anilines is 1. The van der Waals surface area contributed by atoms with Crippen molar-refractivity contribution in [1.29, 1.82) is 0 Å². The number of hydrogen-bond donors (Lipinski definition) is 0. The first kappa shape index (κ1) is 18.8. The van der Waals surface area contributed by atoms with E-state index in [-0.39, 0.29) is 24.9 Å². The number of amides is 2. The zero-order valence-electron chi connectivity index (χ0n) is 15.7. The highest BCUT2D eigenvalue weighted by Crippen LogP contribution is 2.22. The van der Waals surface area contributed by atoms with Crippen molar-refractivity contribution in [2.75, 3.05) is 45.2 Å². The molecule has 0 spiro atoms. The minimum Gasteiger partial charge on any atom is -0.497 e. The number of nitrogens with zero attached hydrogens (tertiary/aromatic N) is 4. The highest BCUT2D eigenvalue weighted by Gasteiger charge is 2.28. The van der Waals surface area contributed by atoms with Crippen LogP contribution in [0, 0.1) is 0 Å². The van der Waals surface area contributed by atoms with E-state index in [0.29, 0.717) is 25.4 Å². The van der Waals surface area contributed by atoms with E-state index in [1.165, 1.54) is 0 Å². The van der Waals surface area contributed by atoms with E-state index in [4.69, 9.17) is 4.74 Å². The Morgan fingerprint density at radius 3 is 2.81 bits per heavy atom. The molecule has 7 heteroatoms. The second kappa shape index (κ2) is 8.64. The van der Waals surface area contributed by atoms with Crippen LogP contribution in [-0.2, 0) is 16.1 Å². The number of aromatic nitrogens is 1. The minimum absolute atomic E-state index is 0.0416. The Balaban J connectivity index is 1.55. The van der Waals surface area contributed by atoms with E-state index in [1.54, 1.807) is 29.3 Å². The van der Waals surface area contributed by atoms with Crippen molar-refractivity contribution in [2.45, 2.75) is 6.54 Å². The lowest BCUT2D eigenvalue weighted by atomic mass is 10.2. The van der Waals surface area contributed by atoms with Gasteiger partial charge in [0.1, 0.15) is 12.3 Å². The zero-order valence-corrected chi connectivity index (χ0v) is 15.7. The third kappa shape index (κ3) is 4.83. The van der Waals surface area contributed by atoms with Crippen molar-refractivity contribution in [1.82, 2.24) is 14.8 Å². The second-order valence-electron chi connectivity index (χ2n) is 6.60. The summed E-state index contributed by atoms with van der Waals surface area (Å²) < 4.78 is 5.22. The Bertz CT molecular complexity index is 797. The molecule has 0 atom stereocenters. The molecule has 2 heterocycles. The van der Waals surface area contributed by atoms with Gasteiger partial charge in [0.25, 0.3) is 0 Å². The molecule has 0 N–H and O–H groups in total. The lowest BCUT2D eigenvalue weighted by Gasteiger charge is -2.35. The lowest BCUT2D eigenvalue weighted by Crippen LogP contribution is -2.54. The number of piperazine rings is 1. The van der Waals surface area contributed by atoms with Gasteiger partial charge in [-0.2, -0.15) is 0 Å². The highest BCUT2D eigenvalue weighted by molar-refractivity contribution is 5.98. The standard InChI is InChI=1S/C20H24N4O3/c1-22(13-16-5-4-8-21-12-16)14-19(25)23-9-10-24(20(26)15-23)17-6-3-7-18(11-17)27-2/h3-8,11-12H,9-10,13-15H2,1-2H3. The molecule has 142 valence electrons. The van der Waals surface area contributed by atoms with Gasteiger partial charge in [-0.1, -0.05) is 12.1 Å². The van der Waals surface area contributed by atoms with Gasteiger partial charge in [-0.15, -0.1) is 0 Å². The fourth-order valence-electron chi connectivity index (χ4n) is 3.13. The third-order valence-electron chi connectivity index (χ3n) is 4.52. The molecule has 2 amide bonds. The van der Waals surface area contributed by atoms with Gasteiger partial charge >= 0.3 is 0 Å². The van der Waals surface area contributed by atoms with Crippen molar-refractivity contribution < 1.29 is 14.3 Å². The summed E-state index contributed by atoms with van der Waals surface area (Å²) in [6.07, 6.45) is 3.51. The van der Waals surface area contributed by atoms with Crippen LogP contribution in [-0.4, -0.2) is 66.9 Å². The summed E-state index contributed by atoms with van der Waals surface area (Å²) in [5, 5.41) is 0. The Hall–Kier alpha value is -2.93. The number of hydrogen-bond acceptors (Lipinski definition) is 5. The van der Waals surface area contributed by atoms with Gasteiger partial charge in [0, 0.05) is 43.8 Å². The molecule has 0 unspecified atom stereocenters. The van der Waals surface area contributed by atoms with E-state index in [2.05, 4.69) is 4.98 Å². The van der Waals surface area contributed by atoms with E-state index >= 15 is 0 Å². The molecular formula is C20H24N4O3. The Morgan fingerprint density at radius 1 is 1.26 bits per heavy atom. The number of carbonyl (C=O) groups excluding carboxylic acids is 2. The first-order valence-electron chi connectivity index (χ1n) is 8.86. The molecule has 1 fully saturated rings. The number of pyridine rings is 1. The average Bonchev–Trinajstić information content (AvgIpc) is 2.68. The fraction of sp³-hybridized carbons (Fsp3) is 0.350. The van der Waals surface area contributed by atoms with Crippen LogP contribution in [0.2, 0.25) is 0 Å². The summed E-state index contributed by atoms with van der Waals surface area (Å²) in [4.78, 5) is 34.5. The summed E-state index contributed by atoms with van der Waals surface area (Å²) >= 11 is 0. The molecule has 1 aliphatic rings. The molecule has 0 bridgehead atoms. The van der Waals surface area contributed by atoms with Crippen LogP contribution < -0.4 is 9.64 Å². The molecule has 2 aromatic rings. The van der Waals surface area contributed by atoms with Crippen molar-refractivity contribution in [3.05, 3.63) is 54.4 Å². The minimum atomic E-state index is -0.0854. The van der Waals surface area contributed by atoms with Crippen LogP contribution in [0.5, 0.6) is 5.75 Å². The first-order valence-corrected chi connectivity index (χ1v) is 8.86. The molecule has 0 saturated carbocycles. The molecule has 1 saturated heterocycles. The van der Waals surface area contributed by atoms with E-state index in [0.717, 1.165) is 11.3 Å². The van der Waals surface area contributed by atoms with Crippen LogP contribution in [0.15, 0.2) is 48.8 Å². The maximum absolute atomic E-state index is 12.6. The van der Waals surface area contributed by atoms with Gasteiger partial charge in [-0.3, -0.25) is 19.5 Å². The Labute approximate surface area is 159 Å². The van der Waals surface area contributed by atoms with Crippen LogP contribution in [0.25, 0.3) is 0 Å². The molecule has 0 radical (unpaired) electrons. The van der Waals surface area contributed by atoms with Crippen molar-refractivity contribution in [3.8, 4) is 5.75 Å². The maximum Gasteiger partial charge on any atom is 0.246 e. The predicted octanol–water partition coefficient (Wildman–Crippen LogP) is 1.40. The van der Waals surface area contributed by atoms with Crippen molar-refractivity contribution in [2.24, 2.45) is 0 Å². The smallest absolute Gasteiger partial charge is 0.246 e. The molecule has 1 aromatic carbocycles. The van der Waals surface area contributed by atoms with Crippen LogP contribution in [0.4, 0.5) is 5.69 Å². The van der Waals surface area contributed by atoms with Gasteiger partial charge in [-0.05, 0) is 30.8 Å². The van der Waals surface area contributed by atoms with Gasteiger partial charge in [-0.25, -0.2) is 0 Å². The molecule has 0 aliphatic carbocycles. The van der Waals surface area contributed by atoms with Crippen molar-refractivity contribution >= 4 is 17.5 Å². The predicted molar refractivity (Wildman–Crippen MR) is 102 cm³/mol. The number of methoxy groups -OCH3 is 1. The van der Waals surface area contributed by atoms with Crippen LogP contribution in [0.3, 0.4) is 0 Å². The van der Waals surface area contributed by atoms with E-state index in [9.17, 15) is 9.59 Å². The van der Waals surface area contributed by atoms with Crippen molar-refractivity contribution in [3.63, 3.8) is 0 Å². The summed E-state index contributed by atoms with van der Waals surface area (Å²) in [7, 11) is 3.48. The highest BCUT2D eigenvalue weighted by atomic mass is 16.5. The van der Waals surface area contributed by atoms with Gasteiger partial charge in [0.15, 0.2) is 0 Å². The quantitative estimate of drug-likeness (QED) is 0.771. The Morgan fingerprint density at radius 2 is 2.11 bits per heavy atom. The number of carbonyl (C=O) groups is 2. The first-order chi connectivity index (χ1) is 13.1. The average molecular weight is 368 g/mol. The molecule has 1 aliphatic heterocycles. The molecular weight excluding hydrogens is 344 g/mol. The molecule has 27 heavy (non-hydrogen) atoms. The molecule has 1 aromatic heterocycles. The second-order valence-corrected chi connectivity index (χ2v) is 6.60. The largest absolute Gasteiger partial charge is 0.497 e. The monoisotopic (exact) mass is 368 g/mol. The number of likely N-dealkylation sites (N-methyl/N-ethyl adjacent to an activating group) is 1. The topological polar surface area (TPSA) is 66.0 Å². The third-order valence-corrected chi connectivity index (χ3v) is 4.52. The maximum atomic E-state index is 12.6. The number of benzene rings is 1. The summed E-state index contributed by atoms with van der Waals surface area (Å²) in [6.45, 7) is 1.99. The SMILES string of the molecule is COc1cccc(N2CCN(C(=O)CN(C)Cc3cccnc3)CC2=O)c1. The molecule has 3 rings (SSSR count). The lowest BCUT2D eigenvalue weighted by molar-refractivity contribution is -0.137. The normalized spacial score (nSPS) is 14.6. The van der Waals surface area contributed by atoms with E-state index < -0.39 is 0 Å². The van der Waals surface area contributed by atoms with Gasteiger partial charge < -0.3 is 14.5 Å². The summed E-state index contributed by atoms with van der Waals surface area (Å²) in [5.41, 5.74) is 1.84. The van der Waals surface area contributed by atoms with Gasteiger partial charge in [0.2, 0.25) is 11.8 Å². The summed E-state index contributed by atoms with van der Waals surface area (Å²) in [5.74, 6) is 0.577. The van der Waals surface area contributed by atoms with Crippen LogP contribution >= 0.6 is 0 Å². The molecule has 7 nitrogen and oxygen atoms in total. The summed E-state index contributed by atoms with van der Waals surface area (Å²) in [6, 6.07) is 11.3. The number of ether oxygens (including phenoxy) is 1. The zero-order chi connectivity index (χ0) is 19.2. The van der Waals surface area contributed by atoms with Gasteiger partial charge in [0.05, 0.1) is 13.7 Å². The number of rotatable bonds is 6. The van der Waals surface area contributed by atoms with Crippen LogP contribution in [0.1, 0.15) is 5.56 Å².